The van der Waals surface area contributed by atoms with Gasteiger partial charge in [0.2, 0.25) is 17.7 Å². The molecule has 1 aromatic carbocycles. The van der Waals surface area contributed by atoms with Crippen LogP contribution in [0.5, 0.6) is 0 Å². The van der Waals surface area contributed by atoms with E-state index in [4.69, 9.17) is 10.00 Å². The molecule has 0 aromatic heterocycles. The monoisotopic (exact) mass is 428 g/mol. The van der Waals surface area contributed by atoms with Crippen molar-refractivity contribution >= 4 is 23.4 Å². The zero-order valence-corrected chi connectivity index (χ0v) is 18.2. The summed E-state index contributed by atoms with van der Waals surface area (Å²) in [6, 6.07) is 11.2. The lowest BCUT2D eigenvalue weighted by molar-refractivity contribution is -0.136. The number of hydrogen-bond donors (Lipinski definition) is 1. The van der Waals surface area contributed by atoms with Gasteiger partial charge in [0.1, 0.15) is 0 Å². The Morgan fingerprint density at radius 1 is 1.19 bits per heavy atom. The van der Waals surface area contributed by atoms with Gasteiger partial charge in [0.25, 0.3) is 0 Å². The Morgan fingerprint density at radius 2 is 1.90 bits per heavy atom. The van der Waals surface area contributed by atoms with Crippen molar-refractivity contribution in [3.8, 4) is 6.07 Å². The quantitative estimate of drug-likeness (QED) is 0.544. The normalized spacial score (nSPS) is 14.0. The minimum Gasteiger partial charge on any atom is -0.385 e. The summed E-state index contributed by atoms with van der Waals surface area (Å²) in [5.74, 6) is -0.275. The maximum atomic E-state index is 12.7. The molecule has 1 heterocycles. The second-order valence-electron chi connectivity index (χ2n) is 7.58. The zero-order chi connectivity index (χ0) is 22.5. The van der Waals surface area contributed by atoms with Crippen molar-refractivity contribution < 1.29 is 19.1 Å². The van der Waals surface area contributed by atoms with E-state index in [1.807, 2.05) is 30.3 Å². The number of ether oxygens (including phenoxy) is 1. The van der Waals surface area contributed by atoms with E-state index >= 15 is 0 Å². The Kier molecular flexibility index (Phi) is 10.5. The first kappa shape index (κ1) is 24.4. The fourth-order valence-corrected chi connectivity index (χ4v) is 3.64. The maximum absolute atomic E-state index is 12.7. The van der Waals surface area contributed by atoms with E-state index in [-0.39, 0.29) is 42.9 Å². The largest absolute Gasteiger partial charge is 0.385 e. The molecule has 1 N–H and O–H groups in total. The molecule has 1 aliphatic rings. The molecule has 0 bridgehead atoms. The van der Waals surface area contributed by atoms with Crippen molar-refractivity contribution in [1.29, 1.82) is 5.26 Å². The molecule has 8 nitrogen and oxygen atoms in total. The van der Waals surface area contributed by atoms with E-state index in [2.05, 4.69) is 11.4 Å². The van der Waals surface area contributed by atoms with Crippen LogP contribution in [-0.4, -0.2) is 62.5 Å². The van der Waals surface area contributed by atoms with Crippen molar-refractivity contribution in [2.24, 2.45) is 5.92 Å². The number of nitrogens with one attached hydrogen (secondary N) is 1. The van der Waals surface area contributed by atoms with E-state index in [0.29, 0.717) is 45.6 Å². The summed E-state index contributed by atoms with van der Waals surface area (Å²) in [4.78, 5) is 40.8. The number of methoxy groups -OCH3 is 1. The van der Waals surface area contributed by atoms with E-state index < -0.39 is 0 Å². The Labute approximate surface area is 184 Å². The smallest absolute Gasteiger partial charge is 0.227 e. The van der Waals surface area contributed by atoms with Gasteiger partial charge in [-0.05, 0) is 31.4 Å². The van der Waals surface area contributed by atoms with Gasteiger partial charge in [0.05, 0.1) is 12.5 Å². The topological polar surface area (TPSA) is 103 Å². The van der Waals surface area contributed by atoms with Crippen molar-refractivity contribution in [2.75, 3.05) is 44.8 Å². The SMILES string of the molecule is COCCCNC(=O)C1CCN(C(=O)CCC(=O)N(CCC#N)c2ccccc2)CC1. The van der Waals surface area contributed by atoms with Gasteiger partial charge in [0, 0.05) is 64.3 Å². The van der Waals surface area contributed by atoms with Crippen LogP contribution in [0.25, 0.3) is 0 Å². The summed E-state index contributed by atoms with van der Waals surface area (Å²) in [5.41, 5.74) is 0.729. The summed E-state index contributed by atoms with van der Waals surface area (Å²) in [5, 5.41) is 11.8. The van der Waals surface area contributed by atoms with Gasteiger partial charge in [-0.25, -0.2) is 0 Å². The Hall–Kier alpha value is -2.92. The van der Waals surface area contributed by atoms with E-state index in [1.54, 1.807) is 16.9 Å². The molecule has 1 aromatic rings. The Balaban J connectivity index is 1.77. The molecule has 0 saturated carbocycles. The third-order valence-electron chi connectivity index (χ3n) is 5.41. The van der Waals surface area contributed by atoms with Gasteiger partial charge in [-0.15, -0.1) is 0 Å². The molecule has 1 saturated heterocycles. The fraction of sp³-hybridized carbons (Fsp3) is 0.565. The Morgan fingerprint density at radius 3 is 2.55 bits per heavy atom. The lowest BCUT2D eigenvalue weighted by atomic mass is 9.95. The zero-order valence-electron chi connectivity index (χ0n) is 18.2. The van der Waals surface area contributed by atoms with Crippen molar-refractivity contribution in [3.05, 3.63) is 30.3 Å². The highest BCUT2D eigenvalue weighted by molar-refractivity contribution is 5.95. The van der Waals surface area contributed by atoms with Gasteiger partial charge in [-0.1, -0.05) is 18.2 Å². The molecule has 0 radical (unpaired) electrons. The number of rotatable bonds is 11. The highest BCUT2D eigenvalue weighted by Gasteiger charge is 2.27. The van der Waals surface area contributed by atoms with Crippen LogP contribution in [-0.2, 0) is 19.1 Å². The lowest BCUT2D eigenvalue weighted by Crippen LogP contribution is -2.43. The molecule has 1 aliphatic heterocycles. The molecule has 1 fully saturated rings. The molecule has 31 heavy (non-hydrogen) atoms. The Bertz CT molecular complexity index is 755. The van der Waals surface area contributed by atoms with Crippen LogP contribution in [0.4, 0.5) is 5.69 Å². The van der Waals surface area contributed by atoms with Crippen LogP contribution < -0.4 is 10.2 Å². The molecule has 2 rings (SSSR count). The standard InChI is InChI=1S/C23H32N4O4/c1-31-18-6-14-25-23(30)19-11-16-26(17-12-19)21(28)9-10-22(29)27(15-5-13-24)20-7-3-2-4-8-20/h2-4,7-8,19H,5-6,9-12,14-18H2,1H3,(H,25,30). The van der Waals surface area contributed by atoms with Crippen molar-refractivity contribution in [1.82, 2.24) is 10.2 Å². The van der Waals surface area contributed by atoms with Gasteiger partial charge in [-0.2, -0.15) is 5.26 Å². The number of anilines is 1. The number of nitriles is 1. The summed E-state index contributed by atoms with van der Waals surface area (Å²) < 4.78 is 4.97. The van der Waals surface area contributed by atoms with Crippen LogP contribution in [0.3, 0.4) is 0 Å². The summed E-state index contributed by atoms with van der Waals surface area (Å²) in [7, 11) is 1.63. The first-order valence-corrected chi connectivity index (χ1v) is 10.8. The average Bonchev–Trinajstić information content (AvgIpc) is 2.81. The van der Waals surface area contributed by atoms with Crippen molar-refractivity contribution in [3.63, 3.8) is 0 Å². The number of likely N-dealkylation sites (tertiary alicyclic amines) is 1. The molecule has 8 heteroatoms. The number of carbonyl (C=O) groups is 3. The van der Waals surface area contributed by atoms with Crippen LogP contribution in [0.15, 0.2) is 30.3 Å². The van der Waals surface area contributed by atoms with Gasteiger partial charge in [-0.3, -0.25) is 14.4 Å². The first-order chi connectivity index (χ1) is 15.1. The van der Waals surface area contributed by atoms with Crippen LogP contribution in [0.1, 0.15) is 38.5 Å². The van der Waals surface area contributed by atoms with Gasteiger partial charge in [0.15, 0.2) is 0 Å². The van der Waals surface area contributed by atoms with E-state index in [0.717, 1.165) is 12.1 Å². The molecule has 168 valence electrons. The molecular weight excluding hydrogens is 396 g/mol. The minimum atomic E-state index is -0.167. The lowest BCUT2D eigenvalue weighted by Gasteiger charge is -2.31. The number of para-hydroxylation sites is 1. The predicted octanol–water partition coefficient (Wildman–Crippen LogP) is 2.10. The van der Waals surface area contributed by atoms with Crippen LogP contribution in [0, 0.1) is 17.2 Å². The van der Waals surface area contributed by atoms with Gasteiger partial charge < -0.3 is 19.9 Å². The average molecular weight is 429 g/mol. The summed E-state index contributed by atoms with van der Waals surface area (Å²) in [6.07, 6.45) is 2.50. The van der Waals surface area contributed by atoms with Gasteiger partial charge >= 0.3 is 0 Å². The highest BCUT2D eigenvalue weighted by Crippen LogP contribution is 2.20. The highest BCUT2D eigenvalue weighted by atomic mass is 16.5. The minimum absolute atomic E-state index is 0.0365. The second-order valence-corrected chi connectivity index (χ2v) is 7.58. The molecule has 0 spiro atoms. The van der Waals surface area contributed by atoms with Crippen LogP contribution >= 0.6 is 0 Å². The van der Waals surface area contributed by atoms with E-state index in [1.165, 1.54) is 0 Å². The first-order valence-electron chi connectivity index (χ1n) is 10.8. The molecule has 3 amide bonds. The van der Waals surface area contributed by atoms with E-state index in [9.17, 15) is 14.4 Å². The summed E-state index contributed by atoms with van der Waals surface area (Å²) >= 11 is 0. The summed E-state index contributed by atoms with van der Waals surface area (Å²) in [6.45, 7) is 2.57. The molecule has 0 atom stereocenters. The molecular formula is C23H32N4O4. The maximum Gasteiger partial charge on any atom is 0.227 e. The molecule has 0 unspecified atom stereocenters. The second kappa shape index (κ2) is 13.4. The van der Waals surface area contributed by atoms with Crippen molar-refractivity contribution in [2.45, 2.75) is 38.5 Å². The number of hydrogen-bond acceptors (Lipinski definition) is 5. The van der Waals surface area contributed by atoms with Crippen LogP contribution in [0.2, 0.25) is 0 Å². The number of nitrogens with zero attached hydrogens (tertiary/aromatic N) is 3. The predicted molar refractivity (Wildman–Crippen MR) is 117 cm³/mol. The number of piperidine rings is 1. The molecule has 0 aliphatic carbocycles. The fourth-order valence-electron chi connectivity index (χ4n) is 3.64. The number of amides is 3. The third kappa shape index (κ3) is 8.02. The number of carbonyl (C=O) groups excluding carboxylic acids is 3. The third-order valence-corrected chi connectivity index (χ3v) is 5.41. The number of benzene rings is 1.